The van der Waals surface area contributed by atoms with Gasteiger partial charge in [0, 0.05) is 19.5 Å². The number of carbonyl (C=O) groups is 4. The topological polar surface area (TPSA) is 175 Å². The molecule has 2 unspecified atom stereocenters. The summed E-state index contributed by atoms with van der Waals surface area (Å²) in [6.07, 6.45) is 25.8. The Balaban J connectivity index is 4.28. The maximum atomic E-state index is 13.0. The second-order valence-corrected chi connectivity index (χ2v) is 15.2. The van der Waals surface area contributed by atoms with Crippen LogP contribution in [0.1, 0.15) is 201 Å². The van der Waals surface area contributed by atoms with Crippen LogP contribution in [-0.4, -0.2) is 62.1 Å². The largest absolute Gasteiger partial charge is 0.465 e. The molecular weight excluding hydrogens is 683 g/mol. The summed E-state index contributed by atoms with van der Waals surface area (Å²) in [6, 6.07) is -0.700. The molecule has 0 radical (unpaired) electrons. The Morgan fingerprint density at radius 3 is 1.59 bits per heavy atom. The molecule has 0 aromatic rings. The smallest absolute Gasteiger partial charge is 0.308 e. The number of rotatable bonds is 38. The number of aliphatic imine (C=N–C) groups is 1. The number of guanidine groups is 1. The molecule has 0 saturated carbocycles. The first kappa shape index (κ1) is 51.1. The lowest BCUT2D eigenvalue weighted by Crippen LogP contribution is -2.47. The van der Waals surface area contributed by atoms with Crippen LogP contribution in [0.3, 0.4) is 0 Å². The number of amides is 2. The summed E-state index contributed by atoms with van der Waals surface area (Å²) in [5, 5.41) is 5.85. The maximum absolute atomic E-state index is 13.0. The fourth-order valence-corrected chi connectivity index (χ4v) is 6.64. The number of ether oxygens (including phenoxy) is 2. The molecule has 316 valence electrons. The van der Waals surface area contributed by atoms with Gasteiger partial charge in [0.1, 0.15) is 6.04 Å². The zero-order valence-corrected chi connectivity index (χ0v) is 35.2. The second kappa shape index (κ2) is 37.1. The summed E-state index contributed by atoms with van der Waals surface area (Å²) >= 11 is 0. The van der Waals surface area contributed by atoms with Gasteiger partial charge in [-0.25, -0.2) is 0 Å². The summed E-state index contributed by atoms with van der Waals surface area (Å²) in [4.78, 5) is 54.8. The fraction of sp³-hybridized carbons (Fsp3) is 0.884. The number of hydrogen-bond acceptors (Lipinski definition) is 7. The van der Waals surface area contributed by atoms with Crippen molar-refractivity contribution in [2.45, 2.75) is 207 Å². The molecule has 54 heavy (non-hydrogen) atoms. The molecule has 0 aliphatic rings. The standard InChI is InChI=1S/C43H83N5O6/c1-5-9-12-21-29-37(27-11-7-3)42(52)54-35-25-19-15-16-22-30-39(49)48-38(31-33-47-43(44)45)40(50)46-32-23-17-13-14-18-24-34-53-41(51)36(26-8-4)28-20-10-6-2/h36-38H,5-35H2,1-4H3,(H,46,50)(H,48,49)(H4,44,45,47)/t36?,37?,38-/m0/s1. The number of esters is 2. The normalized spacial score (nSPS) is 12.7. The number of nitrogens with zero attached hydrogens (tertiary/aromatic N) is 1. The second-order valence-electron chi connectivity index (χ2n) is 15.2. The van der Waals surface area contributed by atoms with Gasteiger partial charge >= 0.3 is 11.9 Å². The van der Waals surface area contributed by atoms with E-state index < -0.39 is 6.04 Å². The zero-order chi connectivity index (χ0) is 40.1. The van der Waals surface area contributed by atoms with Crippen molar-refractivity contribution in [1.29, 1.82) is 0 Å². The molecule has 0 rings (SSSR count). The van der Waals surface area contributed by atoms with Gasteiger partial charge in [0.25, 0.3) is 0 Å². The molecule has 0 spiro atoms. The van der Waals surface area contributed by atoms with Crippen LogP contribution in [0.15, 0.2) is 4.99 Å². The third kappa shape index (κ3) is 30.5. The minimum absolute atomic E-state index is 0.0283. The van der Waals surface area contributed by atoms with Gasteiger partial charge < -0.3 is 31.6 Å². The summed E-state index contributed by atoms with van der Waals surface area (Å²) < 4.78 is 11.2. The monoisotopic (exact) mass is 766 g/mol. The van der Waals surface area contributed by atoms with Crippen molar-refractivity contribution in [3.8, 4) is 0 Å². The van der Waals surface area contributed by atoms with Gasteiger partial charge in [-0.1, -0.05) is 137 Å². The van der Waals surface area contributed by atoms with Gasteiger partial charge in [0.15, 0.2) is 5.96 Å². The van der Waals surface area contributed by atoms with Crippen molar-refractivity contribution < 1.29 is 28.7 Å². The highest BCUT2D eigenvalue weighted by Crippen LogP contribution is 2.20. The maximum Gasteiger partial charge on any atom is 0.308 e. The van der Waals surface area contributed by atoms with Gasteiger partial charge in [0.2, 0.25) is 11.8 Å². The molecule has 2 amide bonds. The van der Waals surface area contributed by atoms with Crippen molar-refractivity contribution in [3.63, 3.8) is 0 Å². The Labute approximate surface area is 330 Å². The van der Waals surface area contributed by atoms with Crippen LogP contribution in [0, 0.1) is 11.8 Å². The van der Waals surface area contributed by atoms with E-state index in [1.54, 1.807) is 0 Å². The lowest BCUT2D eigenvalue weighted by atomic mass is 9.95. The average Bonchev–Trinajstić information content (AvgIpc) is 3.15. The summed E-state index contributed by atoms with van der Waals surface area (Å²) in [6.45, 7) is 10.4. The highest BCUT2D eigenvalue weighted by Gasteiger charge is 2.21. The van der Waals surface area contributed by atoms with E-state index in [2.05, 4.69) is 43.3 Å². The van der Waals surface area contributed by atoms with Crippen molar-refractivity contribution in [3.05, 3.63) is 0 Å². The Morgan fingerprint density at radius 2 is 1.02 bits per heavy atom. The Hall–Kier alpha value is -2.85. The van der Waals surface area contributed by atoms with Crippen LogP contribution >= 0.6 is 0 Å². The van der Waals surface area contributed by atoms with E-state index in [0.29, 0.717) is 32.6 Å². The van der Waals surface area contributed by atoms with Gasteiger partial charge in [-0.05, 0) is 57.8 Å². The molecule has 0 aliphatic heterocycles. The summed E-state index contributed by atoms with van der Waals surface area (Å²) in [5.74, 6) is -0.422. The highest BCUT2D eigenvalue weighted by molar-refractivity contribution is 5.87. The van der Waals surface area contributed by atoms with Crippen molar-refractivity contribution in [1.82, 2.24) is 10.6 Å². The number of nitrogens with one attached hydrogen (secondary N) is 2. The number of carbonyl (C=O) groups excluding carboxylic acids is 4. The third-order valence-electron chi connectivity index (χ3n) is 10.0. The molecule has 0 saturated heterocycles. The SMILES string of the molecule is CCCCCCC(CCCC)C(=O)OCCCCCCCC(=O)N[C@@H](CCN=C(N)N)C(=O)NCCCCCCCCOC(=O)C(CCC)CCCCC. The molecule has 0 fully saturated rings. The van der Waals surface area contributed by atoms with E-state index >= 15 is 0 Å². The van der Waals surface area contributed by atoms with E-state index in [0.717, 1.165) is 141 Å². The third-order valence-corrected chi connectivity index (χ3v) is 10.0. The van der Waals surface area contributed by atoms with Gasteiger partial charge in [-0.3, -0.25) is 24.2 Å². The first-order valence-corrected chi connectivity index (χ1v) is 22.2. The molecule has 3 atom stereocenters. The van der Waals surface area contributed by atoms with Crippen molar-refractivity contribution in [2.75, 3.05) is 26.3 Å². The molecule has 0 bridgehead atoms. The first-order valence-electron chi connectivity index (χ1n) is 22.2. The van der Waals surface area contributed by atoms with E-state index in [1.807, 2.05) is 0 Å². The molecule has 11 nitrogen and oxygen atoms in total. The average molecular weight is 766 g/mol. The van der Waals surface area contributed by atoms with Crippen LogP contribution in [0.25, 0.3) is 0 Å². The zero-order valence-electron chi connectivity index (χ0n) is 35.2. The van der Waals surface area contributed by atoms with Crippen LogP contribution < -0.4 is 22.1 Å². The van der Waals surface area contributed by atoms with E-state index in [1.165, 1.54) is 19.3 Å². The lowest BCUT2D eigenvalue weighted by Gasteiger charge is -2.18. The highest BCUT2D eigenvalue weighted by atomic mass is 16.5. The van der Waals surface area contributed by atoms with Crippen LogP contribution in [0.2, 0.25) is 0 Å². The van der Waals surface area contributed by atoms with Crippen molar-refractivity contribution >= 4 is 29.7 Å². The van der Waals surface area contributed by atoms with Gasteiger partial charge in [0.05, 0.1) is 25.0 Å². The number of nitrogens with two attached hydrogens (primary N) is 2. The molecule has 0 aromatic heterocycles. The van der Waals surface area contributed by atoms with E-state index in [9.17, 15) is 19.2 Å². The Morgan fingerprint density at radius 1 is 0.537 bits per heavy atom. The lowest BCUT2D eigenvalue weighted by molar-refractivity contribution is -0.150. The molecule has 11 heteroatoms. The molecular formula is C43H83N5O6. The summed E-state index contributed by atoms with van der Waals surface area (Å²) in [5.41, 5.74) is 10.9. The number of hydrogen-bond donors (Lipinski definition) is 4. The van der Waals surface area contributed by atoms with E-state index in [-0.39, 0.29) is 48.1 Å². The Kier molecular flexibility index (Phi) is 35.1. The van der Waals surface area contributed by atoms with Crippen LogP contribution in [0.5, 0.6) is 0 Å². The molecule has 6 N–H and O–H groups in total. The van der Waals surface area contributed by atoms with Gasteiger partial charge in [-0.15, -0.1) is 0 Å². The van der Waals surface area contributed by atoms with Gasteiger partial charge in [-0.2, -0.15) is 0 Å². The van der Waals surface area contributed by atoms with Crippen molar-refractivity contribution in [2.24, 2.45) is 28.3 Å². The predicted molar refractivity (Wildman–Crippen MR) is 222 cm³/mol. The molecule has 0 heterocycles. The quantitative estimate of drug-likeness (QED) is 0.0209. The van der Waals surface area contributed by atoms with Crippen LogP contribution in [0.4, 0.5) is 0 Å². The Bertz CT molecular complexity index is 974. The van der Waals surface area contributed by atoms with Crippen LogP contribution in [-0.2, 0) is 28.7 Å². The minimum atomic E-state index is -0.700. The summed E-state index contributed by atoms with van der Waals surface area (Å²) in [7, 11) is 0. The predicted octanol–water partition coefficient (Wildman–Crippen LogP) is 8.79. The number of unbranched alkanes of at least 4 members (excludes halogenated alkanes) is 15. The fourth-order valence-electron chi connectivity index (χ4n) is 6.64. The molecule has 0 aromatic carbocycles. The van der Waals surface area contributed by atoms with E-state index in [4.69, 9.17) is 20.9 Å². The first-order chi connectivity index (χ1) is 26.2. The minimum Gasteiger partial charge on any atom is -0.465 e. The molecule has 0 aliphatic carbocycles.